The van der Waals surface area contributed by atoms with E-state index in [0.717, 1.165) is 11.8 Å². The summed E-state index contributed by atoms with van der Waals surface area (Å²) in [5, 5.41) is 0. The molecule has 0 fully saturated rings. The van der Waals surface area contributed by atoms with Crippen LogP contribution in [0.5, 0.6) is 0 Å². The lowest BCUT2D eigenvalue weighted by Crippen LogP contribution is -2.07. The third kappa shape index (κ3) is 16.7. The highest BCUT2D eigenvalue weighted by Crippen LogP contribution is 2.21. The molecular weight excluding hydrogens is 180 g/mol. The van der Waals surface area contributed by atoms with Gasteiger partial charge in [-0.25, -0.2) is 0 Å². The fraction of sp³-hybridized carbons (Fsp3) is 1.00. The average Bonchev–Trinajstić information content (AvgIpc) is 2.33. The Balaban J connectivity index is -0.000000202. The largest absolute Gasteiger partial charge is 0.0683 e. The van der Waals surface area contributed by atoms with Crippen LogP contribution in [0.4, 0.5) is 0 Å². The van der Waals surface area contributed by atoms with Crippen LogP contribution in [0, 0.1) is 11.8 Å². The van der Waals surface area contributed by atoms with Gasteiger partial charge in [-0.15, -0.1) is 0 Å². The molecule has 0 aliphatic rings. The monoisotopic (exact) mass is 216 g/mol. The molecule has 0 saturated heterocycles. The van der Waals surface area contributed by atoms with Crippen LogP contribution in [0.15, 0.2) is 0 Å². The number of hydrogen-bond donors (Lipinski definition) is 0. The molecule has 15 heavy (non-hydrogen) atoms. The minimum Gasteiger partial charge on any atom is -0.0683 e. The maximum absolute atomic E-state index is 2.36. The zero-order valence-electron chi connectivity index (χ0n) is 12.7. The van der Waals surface area contributed by atoms with Gasteiger partial charge in [0.05, 0.1) is 0 Å². The van der Waals surface area contributed by atoms with E-state index in [-0.39, 0.29) is 0 Å². The van der Waals surface area contributed by atoms with Crippen molar-refractivity contribution in [3.63, 3.8) is 0 Å². The molecule has 0 N–H and O–H groups in total. The molecule has 96 valence electrons. The van der Waals surface area contributed by atoms with E-state index in [9.17, 15) is 0 Å². The van der Waals surface area contributed by atoms with E-state index in [0.29, 0.717) is 0 Å². The summed E-state index contributed by atoms with van der Waals surface area (Å²) >= 11 is 0. The van der Waals surface area contributed by atoms with Crippen molar-refractivity contribution in [1.82, 2.24) is 0 Å². The fourth-order valence-electron chi connectivity index (χ4n) is 1.43. The summed E-state index contributed by atoms with van der Waals surface area (Å²) in [5.74, 6) is 1.90. The lowest BCUT2D eigenvalue weighted by Gasteiger charge is -2.18. The van der Waals surface area contributed by atoms with Crippen LogP contribution in [0.3, 0.4) is 0 Å². The second kappa shape index (κ2) is 19.6. The molecule has 0 aliphatic carbocycles. The average molecular weight is 216 g/mol. The molecule has 1 atom stereocenters. The molecule has 0 radical (unpaired) electrons. The van der Waals surface area contributed by atoms with Gasteiger partial charge >= 0.3 is 0 Å². The first-order chi connectivity index (χ1) is 7.17. The van der Waals surface area contributed by atoms with Crippen molar-refractivity contribution in [2.24, 2.45) is 11.8 Å². The lowest BCUT2D eigenvalue weighted by atomic mass is 9.88. The molecule has 0 aromatic heterocycles. The predicted molar refractivity (Wildman–Crippen MR) is 75.5 cm³/mol. The van der Waals surface area contributed by atoms with Crippen LogP contribution >= 0.6 is 0 Å². The summed E-state index contributed by atoms with van der Waals surface area (Å²) in [5.41, 5.74) is 0. The third-order valence-electron chi connectivity index (χ3n) is 3.00. The van der Waals surface area contributed by atoms with Gasteiger partial charge in [-0.2, -0.15) is 0 Å². The number of rotatable bonds is 5. The lowest BCUT2D eigenvalue weighted by molar-refractivity contribution is 0.328. The van der Waals surface area contributed by atoms with Gasteiger partial charge in [0.2, 0.25) is 0 Å². The van der Waals surface area contributed by atoms with Gasteiger partial charge in [0.1, 0.15) is 0 Å². The molecule has 0 rings (SSSR count). The first-order valence-electron chi connectivity index (χ1n) is 7.17. The van der Waals surface area contributed by atoms with Gasteiger partial charge in [-0.1, -0.05) is 87.5 Å². The third-order valence-corrected chi connectivity index (χ3v) is 3.00. The molecule has 1 unspecified atom stereocenters. The summed E-state index contributed by atoms with van der Waals surface area (Å²) in [4.78, 5) is 0. The van der Waals surface area contributed by atoms with E-state index in [1.165, 1.54) is 32.1 Å². The Morgan fingerprint density at radius 2 is 1.00 bits per heavy atom. The second-order valence-electron chi connectivity index (χ2n) is 3.96. The maximum Gasteiger partial charge on any atom is -0.0394 e. The van der Waals surface area contributed by atoms with Gasteiger partial charge in [-0.05, 0) is 11.8 Å². The van der Waals surface area contributed by atoms with E-state index in [2.05, 4.69) is 41.5 Å². The van der Waals surface area contributed by atoms with Crippen molar-refractivity contribution in [2.75, 3.05) is 0 Å². The van der Waals surface area contributed by atoms with Crippen molar-refractivity contribution >= 4 is 0 Å². The van der Waals surface area contributed by atoms with E-state index in [1.54, 1.807) is 0 Å². The Kier molecular flexibility index (Phi) is 26.6. The quantitative estimate of drug-likeness (QED) is 0.506. The first kappa shape index (κ1) is 20.4. The summed E-state index contributed by atoms with van der Waals surface area (Å²) in [6.45, 7) is 17.6. The molecule has 0 saturated carbocycles. The summed E-state index contributed by atoms with van der Waals surface area (Å²) in [6, 6.07) is 0. The summed E-state index contributed by atoms with van der Waals surface area (Å²) < 4.78 is 0. The van der Waals surface area contributed by atoms with Gasteiger partial charge in [0.15, 0.2) is 0 Å². The standard InChI is InChI=1S/C9H20.C4H10.C2H6/c1-5-8(4)9(6-2)7-3;1-3-4-2;1-2/h8-9H,5-7H2,1-4H3;3-4H2,1-2H3;1-2H3. The molecule has 0 nitrogen and oxygen atoms in total. The Morgan fingerprint density at radius 1 is 0.667 bits per heavy atom. The number of hydrogen-bond acceptors (Lipinski definition) is 0. The molecule has 0 bridgehead atoms. The molecule has 0 heterocycles. The smallest absolute Gasteiger partial charge is 0.0394 e. The van der Waals surface area contributed by atoms with Gasteiger partial charge < -0.3 is 0 Å². The van der Waals surface area contributed by atoms with Crippen LogP contribution in [0.2, 0.25) is 0 Å². The van der Waals surface area contributed by atoms with Crippen molar-refractivity contribution in [3.8, 4) is 0 Å². The molecule has 0 aliphatic heterocycles. The van der Waals surface area contributed by atoms with Gasteiger partial charge in [0, 0.05) is 0 Å². The van der Waals surface area contributed by atoms with Crippen LogP contribution < -0.4 is 0 Å². The Morgan fingerprint density at radius 3 is 1.07 bits per heavy atom. The summed E-state index contributed by atoms with van der Waals surface area (Å²) in [7, 11) is 0. The highest BCUT2D eigenvalue weighted by molar-refractivity contribution is 4.60. The maximum atomic E-state index is 2.36. The van der Waals surface area contributed by atoms with E-state index >= 15 is 0 Å². The minimum absolute atomic E-state index is 0.931. The Hall–Kier alpha value is 0. The molecule has 0 aromatic rings. The predicted octanol–water partition coefficient (Wildman–Crippen LogP) is 6.30. The molecule has 0 heteroatoms. The molecule has 0 aromatic carbocycles. The zero-order valence-corrected chi connectivity index (χ0v) is 12.7. The fourth-order valence-corrected chi connectivity index (χ4v) is 1.43. The normalized spacial score (nSPS) is 11.0. The second-order valence-corrected chi connectivity index (χ2v) is 3.96. The van der Waals surface area contributed by atoms with Crippen molar-refractivity contribution < 1.29 is 0 Å². The van der Waals surface area contributed by atoms with Crippen LogP contribution in [-0.4, -0.2) is 0 Å². The summed E-state index contributed by atoms with van der Waals surface area (Å²) in [6.07, 6.45) is 6.68. The van der Waals surface area contributed by atoms with E-state index in [1.807, 2.05) is 13.8 Å². The van der Waals surface area contributed by atoms with Crippen LogP contribution in [-0.2, 0) is 0 Å². The number of unbranched alkanes of at least 4 members (excludes halogenated alkanes) is 1. The highest BCUT2D eigenvalue weighted by atomic mass is 14.2. The van der Waals surface area contributed by atoms with Gasteiger partial charge in [0.25, 0.3) is 0 Å². The van der Waals surface area contributed by atoms with Crippen molar-refractivity contribution in [1.29, 1.82) is 0 Å². The molecular formula is C15H36. The highest BCUT2D eigenvalue weighted by Gasteiger charge is 2.09. The van der Waals surface area contributed by atoms with Crippen molar-refractivity contribution in [2.45, 2.75) is 87.5 Å². The molecule has 0 spiro atoms. The Labute approximate surface area is 99.9 Å². The van der Waals surface area contributed by atoms with Crippen LogP contribution in [0.25, 0.3) is 0 Å². The zero-order chi connectivity index (χ0) is 12.7. The van der Waals surface area contributed by atoms with E-state index < -0.39 is 0 Å². The van der Waals surface area contributed by atoms with Gasteiger partial charge in [-0.3, -0.25) is 0 Å². The topological polar surface area (TPSA) is 0 Å². The first-order valence-corrected chi connectivity index (χ1v) is 7.17. The van der Waals surface area contributed by atoms with E-state index in [4.69, 9.17) is 0 Å². The van der Waals surface area contributed by atoms with Crippen molar-refractivity contribution in [3.05, 3.63) is 0 Å². The SMILES string of the molecule is CC.CCC(C)C(CC)CC.CCCC. The van der Waals surface area contributed by atoms with Crippen LogP contribution in [0.1, 0.15) is 87.5 Å². The Bertz CT molecular complexity index is 70.1. The minimum atomic E-state index is 0.931. The molecule has 0 amide bonds.